The van der Waals surface area contributed by atoms with Crippen LogP contribution < -0.4 is 5.32 Å². The summed E-state index contributed by atoms with van der Waals surface area (Å²) in [6, 6.07) is 13.5. The highest BCUT2D eigenvalue weighted by atomic mass is 16.4. The Morgan fingerprint density at radius 2 is 1.43 bits per heavy atom. The Bertz CT molecular complexity index is 844. The molecule has 0 spiro atoms. The molecule has 0 heterocycles. The number of carboxylic acid groups (broad SMARTS) is 1. The molecule has 0 saturated carbocycles. The van der Waals surface area contributed by atoms with E-state index >= 15 is 0 Å². The van der Waals surface area contributed by atoms with Gasteiger partial charge in [-0.05, 0) is 43.5 Å². The van der Waals surface area contributed by atoms with E-state index in [1.807, 2.05) is 13.8 Å². The van der Waals surface area contributed by atoms with Crippen molar-refractivity contribution in [2.24, 2.45) is 0 Å². The summed E-state index contributed by atoms with van der Waals surface area (Å²) >= 11 is 0. The van der Waals surface area contributed by atoms with Gasteiger partial charge in [-0.25, -0.2) is 4.79 Å². The van der Waals surface area contributed by atoms with Gasteiger partial charge >= 0.3 is 5.97 Å². The fourth-order valence-electron chi connectivity index (χ4n) is 3.09. The molecule has 0 aliphatic carbocycles. The second-order valence-corrected chi connectivity index (χ2v) is 6.32. The van der Waals surface area contributed by atoms with E-state index in [9.17, 15) is 19.5 Å². The van der Waals surface area contributed by atoms with E-state index in [1.54, 1.807) is 47.4 Å². The number of carbonyl (C=O) groups excluding carboxylic acids is 2. The third-order valence-corrected chi connectivity index (χ3v) is 4.59. The van der Waals surface area contributed by atoms with Crippen LogP contribution in [-0.2, 0) is 4.79 Å². The second-order valence-electron chi connectivity index (χ2n) is 6.32. The Balaban J connectivity index is 2.08. The molecule has 0 radical (unpaired) electrons. The van der Waals surface area contributed by atoms with Gasteiger partial charge in [-0.1, -0.05) is 36.4 Å². The summed E-state index contributed by atoms with van der Waals surface area (Å²) in [6.45, 7) is 5.61. The Labute approximate surface area is 165 Å². The smallest absolute Gasteiger partial charge is 0.336 e. The summed E-state index contributed by atoms with van der Waals surface area (Å²) in [4.78, 5) is 38.0. The Morgan fingerprint density at radius 3 is 2.00 bits per heavy atom. The number of nitrogens with one attached hydrogen (secondary N) is 1. The first-order valence-electron chi connectivity index (χ1n) is 9.47. The second kappa shape index (κ2) is 10.3. The van der Waals surface area contributed by atoms with Crippen LogP contribution in [0.1, 0.15) is 47.4 Å². The van der Waals surface area contributed by atoms with Crippen molar-refractivity contribution in [1.29, 1.82) is 0 Å². The third-order valence-electron chi connectivity index (χ3n) is 4.59. The van der Waals surface area contributed by atoms with Gasteiger partial charge in [-0.3, -0.25) is 9.59 Å². The minimum Gasteiger partial charge on any atom is -0.478 e. The zero-order valence-electron chi connectivity index (χ0n) is 16.3. The van der Waals surface area contributed by atoms with Gasteiger partial charge in [0.1, 0.15) is 0 Å². The average Bonchev–Trinajstić information content (AvgIpc) is 2.72. The van der Waals surface area contributed by atoms with Crippen molar-refractivity contribution < 1.29 is 19.5 Å². The lowest BCUT2D eigenvalue weighted by atomic mass is 9.95. The predicted molar refractivity (Wildman–Crippen MR) is 108 cm³/mol. The quantitative estimate of drug-likeness (QED) is 0.651. The number of aromatic carboxylic acids is 1. The number of hydrogen-bond acceptors (Lipinski definition) is 3. The molecule has 6 nitrogen and oxygen atoms in total. The van der Waals surface area contributed by atoms with E-state index in [4.69, 9.17) is 0 Å². The van der Waals surface area contributed by atoms with E-state index in [0.717, 1.165) is 0 Å². The van der Waals surface area contributed by atoms with Gasteiger partial charge in [0.15, 0.2) is 0 Å². The molecule has 0 unspecified atom stereocenters. The van der Waals surface area contributed by atoms with Crippen LogP contribution in [0.15, 0.2) is 48.5 Å². The van der Waals surface area contributed by atoms with E-state index in [1.165, 1.54) is 6.07 Å². The van der Waals surface area contributed by atoms with Crippen LogP contribution in [-0.4, -0.2) is 47.4 Å². The molecule has 0 aliphatic rings. The summed E-state index contributed by atoms with van der Waals surface area (Å²) in [7, 11) is 0. The fraction of sp³-hybridized carbons (Fsp3) is 0.318. The third kappa shape index (κ3) is 5.19. The summed E-state index contributed by atoms with van der Waals surface area (Å²) in [6.07, 6.45) is 0.931. The molecule has 28 heavy (non-hydrogen) atoms. The van der Waals surface area contributed by atoms with Gasteiger partial charge in [-0.2, -0.15) is 0 Å². The molecule has 148 valence electrons. The molecule has 6 heteroatoms. The number of nitrogens with zero attached hydrogens (tertiary/aromatic N) is 1. The van der Waals surface area contributed by atoms with Crippen molar-refractivity contribution in [3.05, 3.63) is 59.7 Å². The SMILES string of the molecule is CCN(CC)C(=O)CCCNC(=O)c1ccccc1-c1ccccc1C(=O)O. The lowest BCUT2D eigenvalue weighted by Gasteiger charge is -2.18. The molecule has 0 saturated heterocycles. The largest absolute Gasteiger partial charge is 0.478 e. The van der Waals surface area contributed by atoms with Crippen LogP contribution in [0, 0.1) is 0 Å². The van der Waals surface area contributed by atoms with Crippen LogP contribution in [0.25, 0.3) is 11.1 Å². The first-order valence-corrected chi connectivity index (χ1v) is 9.47. The van der Waals surface area contributed by atoms with Crippen molar-refractivity contribution in [3.8, 4) is 11.1 Å². The lowest BCUT2D eigenvalue weighted by Crippen LogP contribution is -2.31. The highest BCUT2D eigenvalue weighted by Crippen LogP contribution is 2.27. The molecule has 2 amide bonds. The monoisotopic (exact) mass is 382 g/mol. The molecule has 0 aromatic heterocycles. The minimum atomic E-state index is -1.04. The molecule has 0 atom stereocenters. The molecule has 2 rings (SSSR count). The maximum Gasteiger partial charge on any atom is 0.336 e. The molecule has 0 aliphatic heterocycles. The van der Waals surface area contributed by atoms with Gasteiger partial charge in [-0.15, -0.1) is 0 Å². The van der Waals surface area contributed by atoms with Crippen molar-refractivity contribution in [3.63, 3.8) is 0 Å². The molecule has 0 fully saturated rings. The molecule has 0 bridgehead atoms. The van der Waals surface area contributed by atoms with Crippen molar-refractivity contribution >= 4 is 17.8 Å². The molecular formula is C22H26N2O4. The first kappa shape index (κ1) is 21.2. The van der Waals surface area contributed by atoms with E-state index < -0.39 is 5.97 Å². The topological polar surface area (TPSA) is 86.7 Å². The number of benzene rings is 2. The zero-order chi connectivity index (χ0) is 20.5. The van der Waals surface area contributed by atoms with Gasteiger partial charge in [0.2, 0.25) is 5.91 Å². The van der Waals surface area contributed by atoms with Crippen LogP contribution in [0.2, 0.25) is 0 Å². The van der Waals surface area contributed by atoms with E-state index in [2.05, 4.69) is 5.32 Å². The first-order chi connectivity index (χ1) is 13.5. The van der Waals surface area contributed by atoms with E-state index in [0.29, 0.717) is 49.2 Å². The number of carbonyl (C=O) groups is 3. The van der Waals surface area contributed by atoms with Crippen molar-refractivity contribution in [2.45, 2.75) is 26.7 Å². The standard InChI is InChI=1S/C22H26N2O4/c1-3-24(4-2)20(25)14-9-15-23-21(26)18-12-7-5-10-16(18)17-11-6-8-13-19(17)22(27)28/h5-8,10-13H,3-4,9,14-15H2,1-2H3,(H,23,26)(H,27,28). The van der Waals surface area contributed by atoms with E-state index in [-0.39, 0.29) is 17.4 Å². The maximum absolute atomic E-state index is 12.7. The van der Waals surface area contributed by atoms with Crippen LogP contribution >= 0.6 is 0 Å². The normalized spacial score (nSPS) is 10.4. The Hall–Kier alpha value is -3.15. The highest BCUT2D eigenvalue weighted by Gasteiger charge is 2.17. The zero-order valence-corrected chi connectivity index (χ0v) is 16.3. The molecule has 2 aromatic carbocycles. The van der Waals surface area contributed by atoms with Crippen LogP contribution in [0.3, 0.4) is 0 Å². The van der Waals surface area contributed by atoms with Crippen LogP contribution in [0.4, 0.5) is 0 Å². The Morgan fingerprint density at radius 1 is 0.893 bits per heavy atom. The van der Waals surface area contributed by atoms with Gasteiger partial charge in [0, 0.05) is 31.6 Å². The Kier molecular flexibility index (Phi) is 7.75. The predicted octanol–water partition coefficient (Wildman–Crippen LogP) is 3.43. The molecular weight excluding hydrogens is 356 g/mol. The minimum absolute atomic E-state index is 0.0787. The number of carboxylic acids is 1. The summed E-state index contributed by atoms with van der Waals surface area (Å²) in [5.74, 6) is -1.25. The fourth-order valence-corrected chi connectivity index (χ4v) is 3.09. The van der Waals surface area contributed by atoms with Crippen molar-refractivity contribution in [1.82, 2.24) is 10.2 Å². The number of rotatable bonds is 9. The van der Waals surface area contributed by atoms with Crippen LogP contribution in [0.5, 0.6) is 0 Å². The molecule has 2 N–H and O–H groups in total. The average molecular weight is 382 g/mol. The maximum atomic E-state index is 12.7. The summed E-state index contributed by atoms with van der Waals surface area (Å²) < 4.78 is 0. The summed E-state index contributed by atoms with van der Waals surface area (Å²) in [5.41, 5.74) is 1.62. The molecule has 2 aromatic rings. The lowest BCUT2D eigenvalue weighted by molar-refractivity contribution is -0.130. The van der Waals surface area contributed by atoms with Gasteiger partial charge in [0.05, 0.1) is 5.56 Å². The van der Waals surface area contributed by atoms with Gasteiger partial charge < -0.3 is 15.3 Å². The van der Waals surface area contributed by atoms with Gasteiger partial charge in [0.25, 0.3) is 5.91 Å². The highest BCUT2D eigenvalue weighted by molar-refractivity contribution is 6.04. The number of amides is 2. The summed E-state index contributed by atoms with van der Waals surface area (Å²) in [5, 5.41) is 12.3. The van der Waals surface area contributed by atoms with Crippen molar-refractivity contribution in [2.75, 3.05) is 19.6 Å². The number of hydrogen-bond donors (Lipinski definition) is 2.